The minimum atomic E-state index is -4.04. The van der Waals surface area contributed by atoms with Gasteiger partial charge in [-0.2, -0.15) is 8.42 Å². The quantitative estimate of drug-likeness (QED) is 0.420. The molecule has 0 aliphatic carbocycles. The van der Waals surface area contributed by atoms with Gasteiger partial charge in [0.25, 0.3) is 11.1 Å². The van der Waals surface area contributed by atoms with Crippen LogP contribution in [0, 0.1) is 0 Å². The number of hydrogen-bond donors (Lipinski definition) is 0. The van der Waals surface area contributed by atoms with E-state index in [0.717, 1.165) is 16.7 Å². The first-order chi connectivity index (χ1) is 16.2. The molecule has 0 bridgehead atoms. The topological polar surface area (TPSA) is 110 Å². The molecule has 0 aromatic heterocycles. The van der Waals surface area contributed by atoms with Gasteiger partial charge in [-0.3, -0.25) is 19.3 Å². The van der Waals surface area contributed by atoms with Crippen molar-refractivity contribution in [2.75, 3.05) is 32.8 Å². The molecule has 0 spiro atoms. The van der Waals surface area contributed by atoms with Crippen molar-refractivity contribution in [3.63, 3.8) is 0 Å². The number of thioether (sulfide) groups is 1. The fraction of sp³-hybridized carbons (Fsp3) is 0.227. The first-order valence-corrected chi connectivity index (χ1v) is 12.7. The van der Waals surface area contributed by atoms with Gasteiger partial charge in [-0.25, -0.2) is 0 Å². The number of rotatable bonds is 6. The lowest BCUT2D eigenvalue weighted by Gasteiger charge is -2.28. The fourth-order valence-electron chi connectivity index (χ4n) is 3.23. The van der Waals surface area contributed by atoms with Crippen LogP contribution in [-0.4, -0.2) is 68.1 Å². The molecule has 2 aromatic carbocycles. The lowest BCUT2D eigenvalue weighted by molar-refractivity contribution is -0.139. The van der Waals surface area contributed by atoms with Gasteiger partial charge in [-0.15, -0.1) is 0 Å². The van der Waals surface area contributed by atoms with Crippen LogP contribution >= 0.6 is 23.4 Å². The van der Waals surface area contributed by atoms with Gasteiger partial charge in [0.1, 0.15) is 17.2 Å². The number of morpholine rings is 1. The Hall–Kier alpha value is -2.86. The molecule has 178 valence electrons. The van der Waals surface area contributed by atoms with E-state index in [-0.39, 0.29) is 28.0 Å². The molecule has 9 nitrogen and oxygen atoms in total. The molecule has 2 aliphatic heterocycles. The molecule has 2 aliphatic rings. The average Bonchev–Trinajstić information content (AvgIpc) is 3.08. The molecule has 4 rings (SSSR count). The zero-order valence-corrected chi connectivity index (χ0v) is 20.1. The van der Waals surface area contributed by atoms with Gasteiger partial charge >= 0.3 is 10.1 Å². The van der Waals surface area contributed by atoms with Crippen LogP contribution in [0.15, 0.2) is 58.3 Å². The van der Waals surface area contributed by atoms with Crippen molar-refractivity contribution < 1.29 is 31.7 Å². The number of carbonyl (C=O) groups is 3. The van der Waals surface area contributed by atoms with Gasteiger partial charge in [0.15, 0.2) is 0 Å². The number of benzene rings is 2. The Morgan fingerprint density at radius 2 is 1.71 bits per heavy atom. The van der Waals surface area contributed by atoms with Gasteiger partial charge in [-0.05, 0) is 59.8 Å². The van der Waals surface area contributed by atoms with E-state index in [1.165, 1.54) is 42.5 Å². The average molecular weight is 523 g/mol. The Labute approximate surface area is 205 Å². The Kier molecular flexibility index (Phi) is 7.27. The summed E-state index contributed by atoms with van der Waals surface area (Å²) in [5.41, 5.74) is 0.557. The van der Waals surface area contributed by atoms with Crippen molar-refractivity contribution in [2.45, 2.75) is 4.90 Å². The maximum absolute atomic E-state index is 12.7. The number of hydrogen-bond acceptors (Lipinski definition) is 8. The molecule has 0 unspecified atom stereocenters. The van der Waals surface area contributed by atoms with Gasteiger partial charge in [0.2, 0.25) is 5.91 Å². The van der Waals surface area contributed by atoms with Crippen molar-refractivity contribution in [2.24, 2.45) is 0 Å². The van der Waals surface area contributed by atoms with E-state index in [1.54, 1.807) is 17.0 Å². The number of ether oxygens (including phenoxy) is 1. The summed E-state index contributed by atoms with van der Waals surface area (Å²) in [6.45, 7) is 1.37. The highest BCUT2D eigenvalue weighted by Crippen LogP contribution is 2.32. The molecule has 12 heteroatoms. The van der Waals surface area contributed by atoms with Gasteiger partial charge < -0.3 is 13.8 Å². The van der Waals surface area contributed by atoms with Crippen molar-refractivity contribution >= 4 is 56.6 Å². The third-order valence-electron chi connectivity index (χ3n) is 5.02. The molecule has 2 fully saturated rings. The van der Waals surface area contributed by atoms with Crippen molar-refractivity contribution in [3.8, 4) is 5.75 Å². The highest BCUT2D eigenvalue weighted by atomic mass is 35.5. The van der Waals surface area contributed by atoms with E-state index < -0.39 is 21.3 Å². The fourth-order valence-corrected chi connectivity index (χ4v) is 5.13. The lowest BCUT2D eigenvalue weighted by Crippen LogP contribution is -2.46. The largest absolute Gasteiger partial charge is 0.379 e. The van der Waals surface area contributed by atoms with Crippen LogP contribution in [-0.2, 0) is 24.4 Å². The normalized spacial score (nSPS) is 18.0. The van der Waals surface area contributed by atoms with Crippen LogP contribution in [0.5, 0.6) is 5.75 Å². The minimum absolute atomic E-state index is 0.0405. The third kappa shape index (κ3) is 5.61. The molecular weight excluding hydrogens is 504 g/mol. The van der Waals surface area contributed by atoms with E-state index in [1.807, 2.05) is 0 Å². The Morgan fingerprint density at radius 3 is 2.35 bits per heavy atom. The second-order valence-corrected chi connectivity index (χ2v) is 10.3. The third-order valence-corrected chi connectivity index (χ3v) is 7.44. The highest BCUT2D eigenvalue weighted by molar-refractivity contribution is 8.18. The van der Waals surface area contributed by atoms with Crippen molar-refractivity contribution in [1.82, 2.24) is 9.80 Å². The van der Waals surface area contributed by atoms with Crippen molar-refractivity contribution in [1.29, 1.82) is 0 Å². The zero-order valence-electron chi connectivity index (χ0n) is 17.7. The standard InChI is InChI=1S/C22H19ClN2O7S2/c23-16-3-7-18(8-4-16)34(29,30)32-17-5-1-15(2-6-17)13-19-21(27)25(22(28)33-19)14-20(26)24-9-11-31-12-10-24/h1-8,13H,9-12,14H2/b19-13-. The smallest absolute Gasteiger partial charge is 0.339 e. The first kappa shape index (κ1) is 24.3. The van der Waals surface area contributed by atoms with Crippen LogP contribution in [0.25, 0.3) is 6.08 Å². The molecule has 2 aromatic rings. The van der Waals surface area contributed by atoms with E-state index in [4.69, 9.17) is 20.5 Å². The lowest BCUT2D eigenvalue weighted by atomic mass is 10.2. The number of amides is 3. The molecular formula is C22H19ClN2O7S2. The van der Waals surface area contributed by atoms with E-state index >= 15 is 0 Å². The predicted molar refractivity (Wildman–Crippen MR) is 126 cm³/mol. The Bertz CT molecular complexity index is 1240. The van der Waals surface area contributed by atoms with Crippen molar-refractivity contribution in [3.05, 3.63) is 64.0 Å². The first-order valence-electron chi connectivity index (χ1n) is 10.1. The Morgan fingerprint density at radius 1 is 1.06 bits per heavy atom. The second kappa shape index (κ2) is 10.2. The summed E-state index contributed by atoms with van der Waals surface area (Å²) in [5.74, 6) is -0.784. The van der Waals surface area contributed by atoms with Crippen LogP contribution in [0.2, 0.25) is 5.02 Å². The van der Waals surface area contributed by atoms with Crippen LogP contribution in [0.3, 0.4) is 0 Å². The van der Waals surface area contributed by atoms with Crippen LogP contribution in [0.1, 0.15) is 5.56 Å². The molecule has 2 heterocycles. The minimum Gasteiger partial charge on any atom is -0.379 e. The second-order valence-electron chi connectivity index (χ2n) is 7.32. The number of carbonyl (C=O) groups excluding carboxylic acids is 3. The summed E-state index contributed by atoms with van der Waals surface area (Å²) >= 11 is 6.53. The Balaban J connectivity index is 1.42. The van der Waals surface area contributed by atoms with Gasteiger partial charge in [0.05, 0.1) is 18.1 Å². The highest BCUT2D eigenvalue weighted by Gasteiger charge is 2.37. The SMILES string of the molecule is O=C(CN1C(=O)S/C(=C\c2ccc(OS(=O)(=O)c3ccc(Cl)cc3)cc2)C1=O)N1CCOCC1. The zero-order chi connectivity index (χ0) is 24.3. The number of nitrogens with zero attached hydrogens (tertiary/aromatic N) is 2. The summed E-state index contributed by atoms with van der Waals surface area (Å²) in [5, 5.41) is -0.120. The van der Waals surface area contributed by atoms with Gasteiger partial charge in [0, 0.05) is 18.1 Å². The van der Waals surface area contributed by atoms with Crippen LogP contribution < -0.4 is 4.18 Å². The maximum Gasteiger partial charge on any atom is 0.339 e. The van der Waals surface area contributed by atoms with Crippen LogP contribution in [0.4, 0.5) is 4.79 Å². The summed E-state index contributed by atoms with van der Waals surface area (Å²) in [7, 11) is -4.04. The number of imide groups is 1. The van der Waals surface area contributed by atoms with E-state index in [2.05, 4.69) is 0 Å². The van der Waals surface area contributed by atoms with Gasteiger partial charge in [-0.1, -0.05) is 23.7 Å². The number of halogens is 1. The maximum atomic E-state index is 12.7. The molecule has 0 saturated carbocycles. The molecule has 2 saturated heterocycles. The molecule has 0 radical (unpaired) electrons. The summed E-state index contributed by atoms with van der Waals surface area (Å²) in [6, 6.07) is 11.6. The summed E-state index contributed by atoms with van der Waals surface area (Å²) in [6.07, 6.45) is 1.50. The molecule has 0 N–H and O–H groups in total. The molecule has 0 atom stereocenters. The monoisotopic (exact) mass is 522 g/mol. The predicted octanol–water partition coefficient (Wildman–Crippen LogP) is 3.00. The van der Waals surface area contributed by atoms with E-state index in [9.17, 15) is 22.8 Å². The summed E-state index contributed by atoms with van der Waals surface area (Å²) in [4.78, 5) is 40.0. The molecule has 3 amide bonds. The summed E-state index contributed by atoms with van der Waals surface area (Å²) < 4.78 is 35.1. The molecule has 34 heavy (non-hydrogen) atoms. The van der Waals surface area contributed by atoms with E-state index in [0.29, 0.717) is 36.9 Å².